The van der Waals surface area contributed by atoms with Crippen LogP contribution in [0.25, 0.3) is 0 Å². The van der Waals surface area contributed by atoms with Crippen LogP contribution in [0.2, 0.25) is 0 Å². The number of hydrogen-bond acceptors (Lipinski definition) is 7. The van der Waals surface area contributed by atoms with Gasteiger partial charge in [-0.05, 0) is 25.0 Å². The van der Waals surface area contributed by atoms with E-state index in [4.69, 9.17) is 19.1 Å². The molecule has 0 aliphatic carbocycles. The molecule has 4 rings (SSSR count). The number of ether oxygens (including phenoxy) is 1. The SMILES string of the molecule is O=C(Nc1cnccn1)[C@@H]1CCO[C@@H]2CCN(Cc3ccco3)C[C@@H]21.O=C(O)C(F)(F)F. The number of fused-ring (bicyclic) bond motifs is 1. The molecule has 174 valence electrons. The van der Waals surface area contributed by atoms with Gasteiger partial charge in [0, 0.05) is 43.9 Å². The van der Waals surface area contributed by atoms with E-state index in [0.29, 0.717) is 12.4 Å². The summed E-state index contributed by atoms with van der Waals surface area (Å²) in [6.07, 6.45) is 3.19. The molecule has 12 heteroatoms. The molecular weight excluding hydrogens is 433 g/mol. The standard InChI is InChI=1S/C18H22N4O3.C2HF3O2/c23-18(21-17-10-19-5-6-20-17)14-4-9-25-16-3-7-22(12-15(14)16)11-13-2-1-8-24-13;3-2(4,5)1(6)7/h1-2,5-6,8,10,14-16H,3-4,7,9,11-12H2,(H,20,21,23);(H,6,7)/t14-,15-,16-;/m1./s1. The molecule has 2 fully saturated rings. The summed E-state index contributed by atoms with van der Waals surface area (Å²) in [5.41, 5.74) is 0. The fourth-order valence-electron chi connectivity index (χ4n) is 3.86. The molecular formula is C20H23F3N4O5. The topological polar surface area (TPSA) is 118 Å². The number of carboxylic acids is 1. The molecule has 0 bridgehead atoms. The first kappa shape index (κ1) is 23.7. The van der Waals surface area contributed by atoms with Crippen molar-refractivity contribution >= 4 is 17.7 Å². The zero-order valence-electron chi connectivity index (χ0n) is 17.0. The number of carbonyl (C=O) groups excluding carboxylic acids is 1. The number of aromatic nitrogens is 2. The lowest BCUT2D eigenvalue weighted by Gasteiger charge is -2.44. The summed E-state index contributed by atoms with van der Waals surface area (Å²) in [4.78, 5) is 32.1. The van der Waals surface area contributed by atoms with Gasteiger partial charge >= 0.3 is 12.1 Å². The number of piperidine rings is 1. The number of nitrogens with one attached hydrogen (secondary N) is 1. The van der Waals surface area contributed by atoms with Gasteiger partial charge in [-0.25, -0.2) is 9.78 Å². The van der Waals surface area contributed by atoms with Crippen molar-refractivity contribution in [3.05, 3.63) is 42.7 Å². The second kappa shape index (κ2) is 10.6. The molecule has 2 aromatic heterocycles. The summed E-state index contributed by atoms with van der Waals surface area (Å²) in [5, 5.41) is 10.0. The molecule has 2 aliphatic rings. The Morgan fingerprint density at radius 1 is 1.28 bits per heavy atom. The van der Waals surface area contributed by atoms with Crippen LogP contribution in [0.5, 0.6) is 0 Å². The van der Waals surface area contributed by atoms with Crippen molar-refractivity contribution in [1.29, 1.82) is 0 Å². The van der Waals surface area contributed by atoms with E-state index < -0.39 is 12.1 Å². The van der Waals surface area contributed by atoms with Gasteiger partial charge in [-0.1, -0.05) is 0 Å². The van der Waals surface area contributed by atoms with Crippen LogP contribution in [0.1, 0.15) is 18.6 Å². The van der Waals surface area contributed by atoms with Crippen molar-refractivity contribution < 1.29 is 37.0 Å². The third-order valence-corrected chi connectivity index (χ3v) is 5.31. The number of aliphatic carboxylic acids is 1. The van der Waals surface area contributed by atoms with E-state index in [1.165, 1.54) is 0 Å². The van der Waals surface area contributed by atoms with Crippen LogP contribution in [0, 0.1) is 11.8 Å². The third-order valence-electron chi connectivity index (χ3n) is 5.31. The van der Waals surface area contributed by atoms with Gasteiger partial charge in [0.1, 0.15) is 5.76 Å². The quantitative estimate of drug-likeness (QED) is 0.721. The molecule has 2 aromatic rings. The lowest BCUT2D eigenvalue weighted by Crippen LogP contribution is -2.52. The average Bonchev–Trinajstić information content (AvgIpc) is 3.27. The Morgan fingerprint density at radius 3 is 2.69 bits per heavy atom. The number of hydrogen-bond donors (Lipinski definition) is 2. The first-order valence-corrected chi connectivity index (χ1v) is 9.97. The van der Waals surface area contributed by atoms with Crippen LogP contribution in [0.15, 0.2) is 41.4 Å². The van der Waals surface area contributed by atoms with E-state index in [0.717, 1.165) is 38.2 Å². The van der Waals surface area contributed by atoms with Crippen LogP contribution < -0.4 is 5.32 Å². The summed E-state index contributed by atoms with van der Waals surface area (Å²) < 4.78 is 43.1. The van der Waals surface area contributed by atoms with Crippen molar-refractivity contribution in [3.8, 4) is 0 Å². The molecule has 9 nitrogen and oxygen atoms in total. The van der Waals surface area contributed by atoms with E-state index >= 15 is 0 Å². The number of amides is 1. The Balaban J connectivity index is 0.000000360. The average molecular weight is 456 g/mol. The normalized spacial score (nSPS) is 23.4. The van der Waals surface area contributed by atoms with Gasteiger partial charge < -0.3 is 19.6 Å². The minimum Gasteiger partial charge on any atom is -0.475 e. The number of halogens is 3. The Kier molecular flexibility index (Phi) is 7.80. The van der Waals surface area contributed by atoms with Gasteiger partial charge in [-0.2, -0.15) is 13.2 Å². The molecule has 32 heavy (non-hydrogen) atoms. The fraction of sp³-hybridized carbons (Fsp3) is 0.500. The van der Waals surface area contributed by atoms with Gasteiger partial charge in [-0.3, -0.25) is 14.7 Å². The molecule has 0 unspecified atom stereocenters. The first-order chi connectivity index (χ1) is 15.2. The van der Waals surface area contributed by atoms with Gasteiger partial charge in [0.05, 0.1) is 25.1 Å². The Labute approximate surface area is 181 Å². The lowest BCUT2D eigenvalue weighted by molar-refractivity contribution is -0.192. The highest BCUT2D eigenvalue weighted by Crippen LogP contribution is 2.34. The number of alkyl halides is 3. The molecule has 2 aliphatic heterocycles. The van der Waals surface area contributed by atoms with Gasteiger partial charge in [-0.15, -0.1) is 0 Å². The first-order valence-electron chi connectivity index (χ1n) is 9.97. The fourth-order valence-corrected chi connectivity index (χ4v) is 3.86. The van der Waals surface area contributed by atoms with Crippen molar-refractivity contribution in [3.63, 3.8) is 0 Å². The largest absolute Gasteiger partial charge is 0.490 e. The van der Waals surface area contributed by atoms with Crippen LogP contribution in [0.4, 0.5) is 19.0 Å². The lowest BCUT2D eigenvalue weighted by atomic mass is 9.79. The summed E-state index contributed by atoms with van der Waals surface area (Å²) in [6, 6.07) is 3.89. The number of carboxylic acid groups (broad SMARTS) is 1. The molecule has 1 amide bonds. The number of nitrogens with zero attached hydrogens (tertiary/aromatic N) is 3. The smallest absolute Gasteiger partial charge is 0.475 e. The predicted octanol–water partition coefficient (Wildman–Crippen LogP) is 2.57. The van der Waals surface area contributed by atoms with E-state index in [1.807, 2.05) is 12.1 Å². The van der Waals surface area contributed by atoms with Crippen LogP contribution >= 0.6 is 0 Å². The molecule has 3 atom stereocenters. The summed E-state index contributed by atoms with van der Waals surface area (Å²) >= 11 is 0. The Morgan fingerprint density at radius 2 is 2.06 bits per heavy atom. The molecule has 4 heterocycles. The molecule has 0 spiro atoms. The third kappa shape index (κ3) is 6.50. The van der Waals surface area contributed by atoms with E-state index in [-0.39, 0.29) is 23.8 Å². The number of likely N-dealkylation sites (tertiary alicyclic amines) is 1. The maximum absolute atomic E-state index is 12.8. The summed E-state index contributed by atoms with van der Waals surface area (Å²) in [7, 11) is 0. The Hall–Kier alpha value is -2.99. The van der Waals surface area contributed by atoms with Crippen molar-refractivity contribution in [2.45, 2.75) is 31.7 Å². The number of carbonyl (C=O) groups is 2. The zero-order chi connectivity index (χ0) is 23.1. The maximum Gasteiger partial charge on any atom is 0.490 e. The van der Waals surface area contributed by atoms with Gasteiger partial charge in [0.25, 0.3) is 0 Å². The van der Waals surface area contributed by atoms with E-state index in [1.54, 1.807) is 24.9 Å². The highest BCUT2D eigenvalue weighted by atomic mass is 19.4. The minimum absolute atomic E-state index is 0.0126. The van der Waals surface area contributed by atoms with E-state index in [2.05, 4.69) is 20.2 Å². The molecule has 0 radical (unpaired) electrons. The summed E-state index contributed by atoms with van der Waals surface area (Å²) in [5.74, 6) is -1.17. The molecule has 2 saturated heterocycles. The van der Waals surface area contributed by atoms with Gasteiger partial charge in [0.2, 0.25) is 5.91 Å². The van der Waals surface area contributed by atoms with Gasteiger partial charge in [0.15, 0.2) is 5.82 Å². The van der Waals surface area contributed by atoms with Crippen molar-refractivity contribution in [1.82, 2.24) is 14.9 Å². The highest BCUT2D eigenvalue weighted by Gasteiger charge is 2.42. The second-order valence-corrected chi connectivity index (χ2v) is 7.45. The van der Waals surface area contributed by atoms with Crippen LogP contribution in [-0.2, 0) is 20.9 Å². The highest BCUT2D eigenvalue weighted by molar-refractivity contribution is 5.91. The predicted molar refractivity (Wildman–Crippen MR) is 104 cm³/mol. The van der Waals surface area contributed by atoms with Crippen LogP contribution in [0.3, 0.4) is 0 Å². The number of anilines is 1. The van der Waals surface area contributed by atoms with Crippen LogP contribution in [-0.4, -0.2) is 63.8 Å². The maximum atomic E-state index is 12.8. The summed E-state index contributed by atoms with van der Waals surface area (Å²) in [6.45, 7) is 3.21. The second-order valence-electron chi connectivity index (χ2n) is 7.45. The molecule has 2 N–H and O–H groups in total. The van der Waals surface area contributed by atoms with E-state index in [9.17, 15) is 18.0 Å². The number of rotatable bonds is 4. The zero-order valence-corrected chi connectivity index (χ0v) is 17.0. The number of furan rings is 1. The Bertz CT molecular complexity index is 879. The molecule has 0 aromatic carbocycles. The minimum atomic E-state index is -5.08. The van der Waals surface area contributed by atoms with Crippen molar-refractivity contribution in [2.75, 3.05) is 25.0 Å². The monoisotopic (exact) mass is 456 g/mol. The van der Waals surface area contributed by atoms with Crippen molar-refractivity contribution in [2.24, 2.45) is 11.8 Å². The molecule has 0 saturated carbocycles.